The molecule has 0 amide bonds. The van der Waals surface area contributed by atoms with Crippen molar-refractivity contribution < 1.29 is 14.4 Å². The molecule has 0 aliphatic heterocycles. The minimum Gasteiger partial charge on any atom is -0.476 e. The molecule has 0 bridgehead atoms. The average Bonchev–Trinajstić information content (AvgIpc) is 2.82. The lowest BCUT2D eigenvalue weighted by atomic mass is 10.3. The van der Waals surface area contributed by atoms with E-state index in [9.17, 15) is 4.79 Å². The third-order valence-corrected chi connectivity index (χ3v) is 1.95. The van der Waals surface area contributed by atoms with Gasteiger partial charge in [-0.3, -0.25) is 0 Å². The van der Waals surface area contributed by atoms with E-state index in [0.29, 0.717) is 18.8 Å². The van der Waals surface area contributed by atoms with Crippen LogP contribution in [0, 0.1) is 0 Å². The standard InChI is InChI=1S/C9H9N5O3/c15-9(16)7-8(12-4-3-10-7)11-2-1-6-13-5-17-14-6/h3-5H,1-2H2,(H,11,12)(H,15,16). The van der Waals surface area contributed by atoms with Gasteiger partial charge in [-0.2, -0.15) is 4.98 Å². The molecule has 2 N–H and O–H groups in total. The molecule has 0 saturated carbocycles. The fourth-order valence-electron chi connectivity index (χ4n) is 1.22. The van der Waals surface area contributed by atoms with Crippen molar-refractivity contribution in [2.24, 2.45) is 0 Å². The van der Waals surface area contributed by atoms with Crippen LogP contribution in [0.4, 0.5) is 5.82 Å². The van der Waals surface area contributed by atoms with E-state index < -0.39 is 5.97 Å². The Bertz CT molecular complexity index is 499. The molecule has 88 valence electrons. The molecule has 0 aliphatic carbocycles. The molecule has 0 unspecified atom stereocenters. The van der Waals surface area contributed by atoms with Crippen molar-refractivity contribution in [3.63, 3.8) is 0 Å². The quantitative estimate of drug-likeness (QED) is 0.755. The van der Waals surface area contributed by atoms with E-state index in [2.05, 4.69) is 29.9 Å². The first-order valence-electron chi connectivity index (χ1n) is 4.81. The van der Waals surface area contributed by atoms with Gasteiger partial charge in [0.2, 0.25) is 6.39 Å². The molecule has 0 fully saturated rings. The Morgan fingerprint density at radius 3 is 2.88 bits per heavy atom. The summed E-state index contributed by atoms with van der Waals surface area (Å²) in [7, 11) is 0. The molecule has 2 heterocycles. The van der Waals surface area contributed by atoms with Gasteiger partial charge in [-0.05, 0) is 0 Å². The van der Waals surface area contributed by atoms with Crippen LogP contribution in [0.5, 0.6) is 0 Å². The van der Waals surface area contributed by atoms with Crippen LogP contribution in [0.25, 0.3) is 0 Å². The maximum atomic E-state index is 10.8. The average molecular weight is 235 g/mol. The Labute approximate surface area is 95.7 Å². The minimum atomic E-state index is -1.12. The van der Waals surface area contributed by atoms with Gasteiger partial charge in [0, 0.05) is 25.4 Å². The fourth-order valence-corrected chi connectivity index (χ4v) is 1.22. The SMILES string of the molecule is O=C(O)c1nccnc1NCCc1ncon1. The van der Waals surface area contributed by atoms with E-state index in [4.69, 9.17) is 5.11 Å². The van der Waals surface area contributed by atoms with Gasteiger partial charge in [-0.15, -0.1) is 0 Å². The topological polar surface area (TPSA) is 114 Å². The lowest BCUT2D eigenvalue weighted by Crippen LogP contribution is -2.12. The molecule has 0 atom stereocenters. The smallest absolute Gasteiger partial charge is 0.358 e. The normalized spacial score (nSPS) is 10.1. The Kier molecular flexibility index (Phi) is 3.24. The van der Waals surface area contributed by atoms with Gasteiger partial charge in [0.1, 0.15) is 0 Å². The molecule has 17 heavy (non-hydrogen) atoms. The number of aromatic carboxylic acids is 1. The first kappa shape index (κ1) is 11.0. The molecule has 0 aliphatic rings. The fraction of sp³-hybridized carbons (Fsp3) is 0.222. The molecule has 2 aromatic rings. The largest absolute Gasteiger partial charge is 0.476 e. The van der Waals surface area contributed by atoms with Gasteiger partial charge < -0.3 is 14.9 Å². The molecule has 0 aromatic carbocycles. The number of nitrogens with zero attached hydrogens (tertiary/aromatic N) is 4. The van der Waals surface area contributed by atoms with Crippen LogP contribution in [-0.4, -0.2) is 37.7 Å². The van der Waals surface area contributed by atoms with Crippen molar-refractivity contribution in [2.75, 3.05) is 11.9 Å². The molecular formula is C9H9N5O3. The zero-order valence-electron chi connectivity index (χ0n) is 8.70. The molecule has 8 nitrogen and oxygen atoms in total. The summed E-state index contributed by atoms with van der Waals surface area (Å²) in [6.45, 7) is 0.443. The number of aromatic nitrogens is 4. The highest BCUT2D eigenvalue weighted by Crippen LogP contribution is 2.07. The van der Waals surface area contributed by atoms with E-state index in [1.807, 2.05) is 0 Å². The number of rotatable bonds is 5. The van der Waals surface area contributed by atoms with Crippen LogP contribution in [0.15, 0.2) is 23.3 Å². The third kappa shape index (κ3) is 2.74. The first-order valence-corrected chi connectivity index (χ1v) is 4.81. The number of carboxylic acid groups (broad SMARTS) is 1. The lowest BCUT2D eigenvalue weighted by Gasteiger charge is -2.05. The van der Waals surface area contributed by atoms with Crippen molar-refractivity contribution in [1.29, 1.82) is 0 Å². The Morgan fingerprint density at radius 1 is 1.35 bits per heavy atom. The van der Waals surface area contributed by atoms with Gasteiger partial charge >= 0.3 is 5.97 Å². The second-order valence-corrected chi connectivity index (χ2v) is 3.08. The molecule has 0 radical (unpaired) electrons. The monoisotopic (exact) mass is 235 g/mol. The number of nitrogens with one attached hydrogen (secondary N) is 1. The highest BCUT2D eigenvalue weighted by atomic mass is 16.5. The number of hydrogen-bond donors (Lipinski definition) is 2. The van der Waals surface area contributed by atoms with Crippen LogP contribution < -0.4 is 5.32 Å². The maximum absolute atomic E-state index is 10.8. The molecular weight excluding hydrogens is 226 g/mol. The summed E-state index contributed by atoms with van der Waals surface area (Å²) < 4.78 is 4.57. The van der Waals surface area contributed by atoms with Crippen LogP contribution in [0.1, 0.15) is 16.3 Å². The van der Waals surface area contributed by atoms with E-state index >= 15 is 0 Å². The Morgan fingerprint density at radius 2 is 2.18 bits per heavy atom. The van der Waals surface area contributed by atoms with Gasteiger partial charge in [0.15, 0.2) is 17.3 Å². The van der Waals surface area contributed by atoms with Crippen LogP contribution >= 0.6 is 0 Å². The lowest BCUT2D eigenvalue weighted by molar-refractivity contribution is 0.0691. The summed E-state index contributed by atoms with van der Waals surface area (Å²) in [6, 6.07) is 0. The number of carboxylic acids is 1. The van der Waals surface area contributed by atoms with Gasteiger partial charge in [-0.25, -0.2) is 14.8 Å². The van der Waals surface area contributed by atoms with Crippen LogP contribution in [-0.2, 0) is 6.42 Å². The van der Waals surface area contributed by atoms with Crippen LogP contribution in [0.3, 0.4) is 0 Å². The molecule has 0 spiro atoms. The summed E-state index contributed by atoms with van der Waals surface area (Å²) in [5.74, 6) is -0.359. The van der Waals surface area contributed by atoms with E-state index in [1.165, 1.54) is 18.8 Å². The van der Waals surface area contributed by atoms with Crippen LogP contribution in [0.2, 0.25) is 0 Å². The highest BCUT2D eigenvalue weighted by molar-refractivity contribution is 5.90. The van der Waals surface area contributed by atoms with Gasteiger partial charge in [-0.1, -0.05) is 5.16 Å². The summed E-state index contributed by atoms with van der Waals surface area (Å²) >= 11 is 0. The molecule has 2 aromatic heterocycles. The van der Waals surface area contributed by atoms with Crippen molar-refractivity contribution in [3.8, 4) is 0 Å². The van der Waals surface area contributed by atoms with Crippen molar-refractivity contribution in [3.05, 3.63) is 30.3 Å². The maximum Gasteiger partial charge on any atom is 0.358 e. The predicted molar refractivity (Wildman–Crippen MR) is 55.5 cm³/mol. The highest BCUT2D eigenvalue weighted by Gasteiger charge is 2.11. The van der Waals surface area contributed by atoms with E-state index in [-0.39, 0.29) is 11.5 Å². The summed E-state index contributed by atoms with van der Waals surface area (Å²) in [5.41, 5.74) is -0.111. The van der Waals surface area contributed by atoms with Crippen molar-refractivity contribution in [1.82, 2.24) is 20.1 Å². The zero-order chi connectivity index (χ0) is 12.1. The number of anilines is 1. The molecule has 2 rings (SSSR count). The van der Waals surface area contributed by atoms with Gasteiger partial charge in [0.25, 0.3) is 0 Å². The minimum absolute atomic E-state index is 0.111. The van der Waals surface area contributed by atoms with Crippen molar-refractivity contribution >= 4 is 11.8 Å². The third-order valence-electron chi connectivity index (χ3n) is 1.95. The molecule has 0 saturated heterocycles. The molecule has 8 heteroatoms. The summed E-state index contributed by atoms with van der Waals surface area (Å²) in [6.07, 6.45) is 4.49. The zero-order valence-corrected chi connectivity index (χ0v) is 8.70. The van der Waals surface area contributed by atoms with E-state index in [0.717, 1.165) is 0 Å². The predicted octanol–water partition coefficient (Wildman–Crippen LogP) is 0.212. The number of hydrogen-bond acceptors (Lipinski definition) is 7. The Balaban J connectivity index is 1.97. The summed E-state index contributed by atoms with van der Waals surface area (Å²) in [5, 5.41) is 15.4. The number of carbonyl (C=O) groups is 1. The van der Waals surface area contributed by atoms with Gasteiger partial charge in [0.05, 0.1) is 0 Å². The first-order chi connectivity index (χ1) is 8.27. The van der Waals surface area contributed by atoms with E-state index in [1.54, 1.807) is 0 Å². The Hall–Kier alpha value is -2.51. The summed E-state index contributed by atoms with van der Waals surface area (Å²) in [4.78, 5) is 22.3. The van der Waals surface area contributed by atoms with Crippen molar-refractivity contribution in [2.45, 2.75) is 6.42 Å². The second kappa shape index (κ2) is 5.01. The second-order valence-electron chi connectivity index (χ2n) is 3.08.